The molecule has 0 spiro atoms. The summed E-state index contributed by atoms with van der Waals surface area (Å²) in [6.45, 7) is 3.92. The molecule has 0 saturated heterocycles. The van der Waals surface area contributed by atoms with Crippen molar-refractivity contribution >= 4 is 23.1 Å². The zero-order valence-corrected chi connectivity index (χ0v) is 18.8. The molecule has 4 rings (SSSR count). The summed E-state index contributed by atoms with van der Waals surface area (Å²) in [5, 5.41) is 9.47. The second-order valence-electron chi connectivity index (χ2n) is 7.53. The van der Waals surface area contributed by atoms with Gasteiger partial charge in [0.25, 0.3) is 5.56 Å². The molecule has 32 heavy (non-hydrogen) atoms. The van der Waals surface area contributed by atoms with Gasteiger partial charge in [-0.3, -0.25) is 14.6 Å². The van der Waals surface area contributed by atoms with Crippen LogP contribution in [0.5, 0.6) is 5.75 Å². The number of amides is 1. The van der Waals surface area contributed by atoms with Gasteiger partial charge in [-0.15, -0.1) is 11.3 Å². The molecule has 164 valence electrons. The number of thiophene rings is 1. The maximum atomic E-state index is 12.8. The number of aromatic nitrogens is 4. The minimum Gasteiger partial charge on any atom is -0.497 e. The highest BCUT2D eigenvalue weighted by molar-refractivity contribution is 7.13. The Bertz CT molecular complexity index is 1270. The van der Waals surface area contributed by atoms with Gasteiger partial charge >= 0.3 is 0 Å². The van der Waals surface area contributed by atoms with E-state index in [0.717, 1.165) is 16.2 Å². The van der Waals surface area contributed by atoms with Gasteiger partial charge in [0.15, 0.2) is 0 Å². The van der Waals surface area contributed by atoms with E-state index < -0.39 is 0 Å². The number of methoxy groups -OCH3 is 1. The molecule has 0 aliphatic rings. The molecular formula is C23H23N5O3S. The van der Waals surface area contributed by atoms with Crippen LogP contribution in [-0.2, 0) is 11.2 Å². The van der Waals surface area contributed by atoms with Crippen LogP contribution in [0.1, 0.15) is 31.0 Å². The molecule has 0 saturated carbocycles. The Hall–Kier alpha value is -3.72. The van der Waals surface area contributed by atoms with Gasteiger partial charge in [0, 0.05) is 12.1 Å². The van der Waals surface area contributed by atoms with Crippen LogP contribution in [0.25, 0.3) is 16.5 Å². The fourth-order valence-corrected chi connectivity index (χ4v) is 3.83. The summed E-state index contributed by atoms with van der Waals surface area (Å²) in [6.07, 6.45) is 0.180. The van der Waals surface area contributed by atoms with E-state index in [4.69, 9.17) is 4.74 Å². The van der Waals surface area contributed by atoms with Crippen molar-refractivity contribution in [1.82, 2.24) is 19.7 Å². The minimum absolute atomic E-state index is 0.0662. The molecule has 9 heteroatoms. The van der Waals surface area contributed by atoms with E-state index in [2.05, 4.69) is 20.4 Å². The van der Waals surface area contributed by atoms with Crippen molar-refractivity contribution in [1.29, 1.82) is 0 Å². The van der Waals surface area contributed by atoms with Gasteiger partial charge in [0.1, 0.15) is 17.3 Å². The third kappa shape index (κ3) is 4.78. The van der Waals surface area contributed by atoms with E-state index in [1.54, 1.807) is 13.2 Å². The van der Waals surface area contributed by atoms with Crippen LogP contribution in [0.3, 0.4) is 0 Å². The smallest absolute Gasteiger partial charge is 0.252 e. The molecule has 3 aromatic heterocycles. The Balaban J connectivity index is 1.67. The number of hydrogen-bond donors (Lipinski definition) is 2. The van der Waals surface area contributed by atoms with E-state index in [1.165, 1.54) is 22.1 Å². The summed E-state index contributed by atoms with van der Waals surface area (Å²) in [5.41, 5.74) is 1.90. The number of nitrogens with zero attached hydrogens (tertiary/aromatic N) is 3. The van der Waals surface area contributed by atoms with Crippen molar-refractivity contribution in [2.45, 2.75) is 26.2 Å². The standard InChI is InChI=1S/C23H23N5O3S/c1-14(2)17-13-22(30)26-23(24-17)28-20(12-18(27-28)19-5-4-10-32-19)25-21(29)11-15-6-8-16(31-3)9-7-15/h4-10,12-14H,11H2,1-3H3,(H,25,29)(H,24,26,30). The molecule has 8 nitrogen and oxygen atoms in total. The monoisotopic (exact) mass is 449 g/mol. The molecule has 0 bridgehead atoms. The van der Waals surface area contributed by atoms with Crippen LogP contribution in [0, 0.1) is 0 Å². The Labute approximate surface area is 188 Å². The summed E-state index contributed by atoms with van der Waals surface area (Å²) in [7, 11) is 1.60. The highest BCUT2D eigenvalue weighted by Crippen LogP contribution is 2.27. The molecule has 2 N–H and O–H groups in total. The molecule has 0 fully saturated rings. The predicted molar refractivity (Wildman–Crippen MR) is 125 cm³/mol. The highest BCUT2D eigenvalue weighted by Gasteiger charge is 2.17. The highest BCUT2D eigenvalue weighted by atomic mass is 32.1. The third-order valence-corrected chi connectivity index (χ3v) is 5.71. The third-order valence-electron chi connectivity index (χ3n) is 4.82. The van der Waals surface area contributed by atoms with Gasteiger partial charge in [-0.05, 0) is 35.1 Å². The zero-order valence-electron chi connectivity index (χ0n) is 18.0. The molecule has 1 amide bonds. The van der Waals surface area contributed by atoms with E-state index in [9.17, 15) is 9.59 Å². The molecule has 0 aliphatic heterocycles. The summed E-state index contributed by atoms with van der Waals surface area (Å²) in [6, 6.07) is 14.4. The lowest BCUT2D eigenvalue weighted by atomic mass is 10.1. The van der Waals surface area contributed by atoms with Gasteiger partial charge in [-0.2, -0.15) is 9.78 Å². The van der Waals surface area contributed by atoms with E-state index >= 15 is 0 Å². The number of H-pyrrole nitrogens is 1. The molecule has 1 aromatic carbocycles. The van der Waals surface area contributed by atoms with E-state index in [-0.39, 0.29) is 29.8 Å². The number of benzene rings is 1. The number of carbonyl (C=O) groups excluding carboxylic acids is 1. The van der Waals surface area contributed by atoms with Gasteiger partial charge < -0.3 is 10.1 Å². The van der Waals surface area contributed by atoms with Crippen molar-refractivity contribution in [2.24, 2.45) is 0 Å². The molecule has 4 aromatic rings. The molecule has 0 aliphatic carbocycles. The first-order chi connectivity index (χ1) is 15.4. The number of anilines is 1. The van der Waals surface area contributed by atoms with Crippen LogP contribution in [0.2, 0.25) is 0 Å². The van der Waals surface area contributed by atoms with Crippen molar-refractivity contribution in [3.05, 3.63) is 75.5 Å². The van der Waals surface area contributed by atoms with Crippen LogP contribution in [0.4, 0.5) is 5.82 Å². The Morgan fingerprint density at radius 3 is 2.66 bits per heavy atom. The zero-order chi connectivity index (χ0) is 22.7. The fourth-order valence-electron chi connectivity index (χ4n) is 3.15. The van der Waals surface area contributed by atoms with Gasteiger partial charge in [0.05, 0.1) is 24.1 Å². The quantitative estimate of drug-likeness (QED) is 0.444. The molecule has 0 radical (unpaired) electrons. The molecule has 0 unspecified atom stereocenters. The number of ether oxygens (including phenoxy) is 1. The second kappa shape index (κ2) is 9.19. The lowest BCUT2D eigenvalue weighted by Crippen LogP contribution is -2.20. The number of aromatic amines is 1. The molecule has 0 atom stereocenters. The maximum absolute atomic E-state index is 12.8. The average molecular weight is 450 g/mol. The summed E-state index contributed by atoms with van der Waals surface area (Å²) in [5.74, 6) is 1.26. The van der Waals surface area contributed by atoms with Crippen LogP contribution in [0.15, 0.2) is 58.7 Å². The minimum atomic E-state index is -0.276. The van der Waals surface area contributed by atoms with Crippen molar-refractivity contribution in [3.8, 4) is 22.3 Å². The summed E-state index contributed by atoms with van der Waals surface area (Å²) >= 11 is 1.54. The Morgan fingerprint density at radius 2 is 2.00 bits per heavy atom. The number of carbonyl (C=O) groups is 1. The number of hydrogen-bond acceptors (Lipinski definition) is 6. The van der Waals surface area contributed by atoms with Crippen molar-refractivity contribution in [2.75, 3.05) is 12.4 Å². The Kier molecular flexibility index (Phi) is 6.18. The van der Waals surface area contributed by atoms with E-state index in [0.29, 0.717) is 17.2 Å². The predicted octanol–water partition coefficient (Wildman–Crippen LogP) is 4.00. The van der Waals surface area contributed by atoms with Crippen LogP contribution >= 0.6 is 11.3 Å². The van der Waals surface area contributed by atoms with Crippen LogP contribution < -0.4 is 15.6 Å². The van der Waals surface area contributed by atoms with Crippen LogP contribution in [-0.4, -0.2) is 32.8 Å². The first-order valence-electron chi connectivity index (χ1n) is 10.1. The molecule has 3 heterocycles. The number of rotatable bonds is 7. The van der Waals surface area contributed by atoms with Crippen molar-refractivity contribution in [3.63, 3.8) is 0 Å². The first kappa shape index (κ1) is 21.5. The normalized spacial score (nSPS) is 11.0. The van der Waals surface area contributed by atoms with Gasteiger partial charge in [-0.25, -0.2) is 4.98 Å². The summed E-state index contributed by atoms with van der Waals surface area (Å²) < 4.78 is 6.63. The topological polar surface area (TPSA) is 102 Å². The maximum Gasteiger partial charge on any atom is 0.252 e. The van der Waals surface area contributed by atoms with E-state index in [1.807, 2.05) is 55.6 Å². The average Bonchev–Trinajstić information content (AvgIpc) is 3.44. The van der Waals surface area contributed by atoms with Crippen molar-refractivity contribution < 1.29 is 9.53 Å². The van der Waals surface area contributed by atoms with Gasteiger partial charge in [0.2, 0.25) is 11.9 Å². The lowest BCUT2D eigenvalue weighted by molar-refractivity contribution is -0.115. The first-order valence-corrected chi connectivity index (χ1v) is 11.0. The Morgan fingerprint density at radius 1 is 1.22 bits per heavy atom. The van der Waals surface area contributed by atoms with Gasteiger partial charge in [-0.1, -0.05) is 32.0 Å². The second-order valence-corrected chi connectivity index (χ2v) is 8.47. The summed E-state index contributed by atoms with van der Waals surface area (Å²) in [4.78, 5) is 33.2. The lowest BCUT2D eigenvalue weighted by Gasteiger charge is -2.10. The largest absolute Gasteiger partial charge is 0.497 e. The SMILES string of the molecule is COc1ccc(CC(=O)Nc2cc(-c3cccs3)nn2-c2nc(C(C)C)cc(=O)[nH]2)cc1. The number of nitrogens with one attached hydrogen (secondary N) is 2. The molecular weight excluding hydrogens is 426 g/mol. The fraction of sp³-hybridized carbons (Fsp3) is 0.217.